The van der Waals surface area contributed by atoms with E-state index < -0.39 is 24.4 Å². The van der Waals surface area contributed by atoms with Crippen molar-refractivity contribution < 1.29 is 16.8 Å². The van der Waals surface area contributed by atoms with Crippen molar-refractivity contribution in [2.75, 3.05) is 25.6 Å². The van der Waals surface area contributed by atoms with Crippen molar-refractivity contribution >= 4 is 49.6 Å². The molecule has 0 amide bonds. The van der Waals surface area contributed by atoms with Crippen molar-refractivity contribution in [1.82, 2.24) is 10.6 Å². The van der Waals surface area contributed by atoms with Gasteiger partial charge < -0.3 is 10.6 Å². The zero-order chi connectivity index (χ0) is 20.2. The minimum Gasteiger partial charge on any atom is -0.355 e. The van der Waals surface area contributed by atoms with Gasteiger partial charge in [-0.1, -0.05) is 12.1 Å². The minimum absolute atomic E-state index is 0. The molecular formula is C17H30IN3O4S2. The lowest BCUT2D eigenvalue weighted by Gasteiger charge is -2.20. The number of hydrogen-bond acceptors (Lipinski definition) is 5. The number of rotatable bonds is 6. The molecule has 27 heavy (non-hydrogen) atoms. The molecule has 7 nitrogen and oxygen atoms in total. The van der Waals surface area contributed by atoms with Crippen LogP contribution in [0.3, 0.4) is 0 Å². The summed E-state index contributed by atoms with van der Waals surface area (Å²) in [6.07, 6.45) is 1.19. The van der Waals surface area contributed by atoms with Gasteiger partial charge in [0, 0.05) is 26.4 Å². The number of guanidine groups is 1. The zero-order valence-electron chi connectivity index (χ0n) is 16.7. The average molecular weight is 531 g/mol. The summed E-state index contributed by atoms with van der Waals surface area (Å²) in [7, 11) is -4.83. The molecule has 0 heterocycles. The molecule has 0 spiro atoms. The van der Waals surface area contributed by atoms with Crippen molar-refractivity contribution in [3.8, 4) is 0 Å². The van der Waals surface area contributed by atoms with Crippen LogP contribution < -0.4 is 10.6 Å². The van der Waals surface area contributed by atoms with Gasteiger partial charge in [0.25, 0.3) is 0 Å². The Labute approximate surface area is 180 Å². The Hall–Kier alpha value is -0.880. The lowest BCUT2D eigenvalue weighted by Crippen LogP contribution is -2.41. The normalized spacial score (nSPS) is 13.0. The number of aryl methyl sites for hydroxylation is 1. The van der Waals surface area contributed by atoms with E-state index in [0.29, 0.717) is 23.0 Å². The molecule has 0 radical (unpaired) electrons. The van der Waals surface area contributed by atoms with Crippen molar-refractivity contribution in [3.05, 3.63) is 29.3 Å². The maximum atomic E-state index is 12.1. The molecule has 0 fully saturated rings. The molecule has 0 bridgehead atoms. The summed E-state index contributed by atoms with van der Waals surface area (Å²) in [5.74, 6) is 0.498. The molecule has 1 aromatic rings. The van der Waals surface area contributed by atoms with Crippen molar-refractivity contribution in [2.24, 2.45) is 4.99 Å². The number of halogens is 1. The van der Waals surface area contributed by atoms with Crippen LogP contribution in [-0.2, 0) is 26.2 Å². The van der Waals surface area contributed by atoms with Gasteiger partial charge in [-0.3, -0.25) is 4.99 Å². The fourth-order valence-corrected chi connectivity index (χ4v) is 4.20. The second-order valence-corrected chi connectivity index (χ2v) is 12.0. The third-order valence-corrected chi connectivity index (χ3v) is 7.78. The number of hydrogen-bond donors (Lipinski definition) is 2. The van der Waals surface area contributed by atoms with E-state index in [1.807, 2.05) is 0 Å². The molecule has 0 atom stereocenters. The summed E-state index contributed by atoms with van der Waals surface area (Å²) in [5, 5.41) is 6.07. The van der Waals surface area contributed by atoms with E-state index >= 15 is 0 Å². The highest BCUT2D eigenvalue weighted by Gasteiger charge is 2.28. The van der Waals surface area contributed by atoms with Crippen molar-refractivity contribution in [3.63, 3.8) is 0 Å². The van der Waals surface area contributed by atoms with Crippen LogP contribution in [0.5, 0.6) is 0 Å². The molecule has 0 aromatic heterocycles. The van der Waals surface area contributed by atoms with E-state index in [9.17, 15) is 16.8 Å². The quantitative estimate of drug-likeness (QED) is 0.330. The number of sulfone groups is 2. The fraction of sp³-hybridized carbons (Fsp3) is 0.588. The van der Waals surface area contributed by atoms with Crippen LogP contribution >= 0.6 is 24.0 Å². The first-order valence-electron chi connectivity index (χ1n) is 8.24. The molecule has 0 saturated heterocycles. The largest absolute Gasteiger partial charge is 0.355 e. The van der Waals surface area contributed by atoms with E-state index in [4.69, 9.17) is 0 Å². The SMILES string of the molecule is CN=C(NCCS(=O)(=O)C(C)(C)C)NCc1ccc(S(C)(=O)=O)c(C)c1.I. The number of nitrogens with zero attached hydrogens (tertiary/aromatic N) is 1. The summed E-state index contributed by atoms with van der Waals surface area (Å²) < 4.78 is 46.7. The molecule has 0 saturated carbocycles. The van der Waals surface area contributed by atoms with E-state index in [2.05, 4.69) is 15.6 Å². The Morgan fingerprint density at radius 3 is 2.15 bits per heavy atom. The molecule has 10 heteroatoms. The van der Waals surface area contributed by atoms with Gasteiger partial charge in [0.1, 0.15) is 0 Å². The molecule has 156 valence electrons. The molecule has 0 aliphatic heterocycles. The molecule has 0 unspecified atom stereocenters. The predicted molar refractivity (Wildman–Crippen MR) is 121 cm³/mol. The summed E-state index contributed by atoms with van der Waals surface area (Å²) in [6, 6.07) is 5.14. The highest BCUT2D eigenvalue weighted by Crippen LogP contribution is 2.17. The van der Waals surface area contributed by atoms with Crippen molar-refractivity contribution in [2.45, 2.75) is 43.9 Å². The van der Waals surface area contributed by atoms with Crippen LogP contribution in [0.15, 0.2) is 28.1 Å². The Morgan fingerprint density at radius 1 is 1.11 bits per heavy atom. The Kier molecular flexibility index (Phi) is 9.73. The predicted octanol–water partition coefficient (Wildman–Crippen LogP) is 1.89. The Balaban J connectivity index is 0.00000676. The number of aliphatic imine (C=N–C) groups is 1. The summed E-state index contributed by atoms with van der Waals surface area (Å²) >= 11 is 0. The van der Waals surface area contributed by atoms with Crippen LogP contribution in [0.1, 0.15) is 31.9 Å². The Morgan fingerprint density at radius 2 is 1.70 bits per heavy atom. The standard InChI is InChI=1S/C17H29N3O4S2.HI/c1-13-11-14(7-8-15(13)25(6,21)22)12-20-16(18-5)19-9-10-26(23,24)17(2,3)4;/h7-8,11H,9-10,12H2,1-6H3,(H2,18,19,20);1H. The van der Waals surface area contributed by atoms with Crippen LogP contribution in [0, 0.1) is 6.92 Å². The van der Waals surface area contributed by atoms with Crippen LogP contribution in [0.4, 0.5) is 0 Å². The van der Waals surface area contributed by atoms with Gasteiger partial charge in [-0.05, 0) is 44.9 Å². The fourth-order valence-electron chi connectivity index (χ4n) is 2.25. The van der Waals surface area contributed by atoms with Gasteiger partial charge in [0.2, 0.25) is 0 Å². The van der Waals surface area contributed by atoms with E-state index in [-0.39, 0.29) is 36.3 Å². The lowest BCUT2D eigenvalue weighted by molar-refractivity contribution is 0.559. The van der Waals surface area contributed by atoms with Gasteiger partial charge in [0.05, 0.1) is 15.4 Å². The van der Waals surface area contributed by atoms with Gasteiger partial charge in [-0.2, -0.15) is 0 Å². The topological polar surface area (TPSA) is 105 Å². The maximum Gasteiger partial charge on any atom is 0.191 e. The average Bonchev–Trinajstić information content (AvgIpc) is 2.48. The first kappa shape index (κ1) is 26.1. The van der Waals surface area contributed by atoms with Crippen LogP contribution in [0.2, 0.25) is 0 Å². The van der Waals surface area contributed by atoms with Gasteiger partial charge >= 0.3 is 0 Å². The maximum absolute atomic E-state index is 12.1. The van der Waals surface area contributed by atoms with Crippen LogP contribution in [0.25, 0.3) is 0 Å². The minimum atomic E-state index is -3.24. The van der Waals surface area contributed by atoms with Gasteiger partial charge in [-0.25, -0.2) is 16.8 Å². The van der Waals surface area contributed by atoms with Crippen LogP contribution in [-0.4, -0.2) is 53.1 Å². The number of nitrogens with one attached hydrogen (secondary N) is 2. The van der Waals surface area contributed by atoms with E-state index in [0.717, 1.165) is 5.56 Å². The molecule has 1 rings (SSSR count). The zero-order valence-corrected chi connectivity index (χ0v) is 20.6. The number of benzene rings is 1. The molecule has 0 aliphatic rings. The molecular weight excluding hydrogens is 501 g/mol. The first-order valence-corrected chi connectivity index (χ1v) is 11.8. The van der Waals surface area contributed by atoms with E-state index in [1.165, 1.54) is 6.26 Å². The summed E-state index contributed by atoms with van der Waals surface area (Å²) in [4.78, 5) is 4.38. The monoisotopic (exact) mass is 531 g/mol. The third kappa shape index (κ3) is 7.94. The second kappa shape index (κ2) is 10.1. The molecule has 0 aliphatic carbocycles. The lowest BCUT2D eigenvalue weighted by atomic mass is 10.1. The highest BCUT2D eigenvalue weighted by atomic mass is 127. The van der Waals surface area contributed by atoms with Gasteiger partial charge in [0.15, 0.2) is 25.6 Å². The smallest absolute Gasteiger partial charge is 0.191 e. The molecule has 2 N–H and O–H groups in total. The highest BCUT2D eigenvalue weighted by molar-refractivity contribution is 14.0. The molecule has 1 aromatic carbocycles. The van der Waals surface area contributed by atoms with E-state index in [1.54, 1.807) is 52.9 Å². The second-order valence-electron chi connectivity index (χ2n) is 7.16. The Bertz CT molecular complexity index is 874. The third-order valence-electron chi connectivity index (χ3n) is 3.92. The van der Waals surface area contributed by atoms with Crippen molar-refractivity contribution in [1.29, 1.82) is 0 Å². The summed E-state index contributed by atoms with van der Waals surface area (Å²) in [5.41, 5.74) is 1.59. The van der Waals surface area contributed by atoms with Gasteiger partial charge in [-0.15, -0.1) is 24.0 Å². The summed E-state index contributed by atoms with van der Waals surface area (Å²) in [6.45, 7) is 7.49. The first-order chi connectivity index (χ1) is 11.8.